The van der Waals surface area contributed by atoms with Crippen LogP contribution < -0.4 is 17.0 Å². The highest BCUT2D eigenvalue weighted by Crippen LogP contribution is 2.35. The molecule has 0 fully saturated rings. The first kappa shape index (κ1) is 14.3. The maximum absolute atomic E-state index is 6.05. The van der Waals surface area contributed by atoms with Gasteiger partial charge in [0.15, 0.2) is 0 Å². The molecule has 0 saturated heterocycles. The molecule has 1 aliphatic rings. The van der Waals surface area contributed by atoms with Crippen molar-refractivity contribution in [1.29, 1.82) is 0 Å². The average molecular weight is 303 g/mol. The molecule has 4 nitrogen and oxygen atoms in total. The summed E-state index contributed by atoms with van der Waals surface area (Å²) in [6.45, 7) is 0. The highest BCUT2D eigenvalue weighted by Gasteiger charge is 2.28. The monoisotopic (exact) mass is 302 g/mol. The second-order valence-corrected chi connectivity index (χ2v) is 5.98. The van der Waals surface area contributed by atoms with Gasteiger partial charge in [0.1, 0.15) is 5.82 Å². The Morgan fingerprint density at radius 2 is 2.05 bits per heavy atom. The minimum Gasteiger partial charge on any atom is -0.383 e. The third-order valence-corrected chi connectivity index (χ3v) is 4.49. The molecule has 110 valence electrons. The molecule has 0 radical (unpaired) electrons. The van der Waals surface area contributed by atoms with E-state index in [4.69, 9.17) is 23.2 Å². The average Bonchev–Trinajstić information content (AvgIpc) is 2.51. The fraction of sp³-hybridized carbons (Fsp3) is 0.312. The number of nitrogen functional groups attached to an aromatic ring is 1. The predicted octanol–water partition coefficient (Wildman–Crippen LogP) is 2.63. The summed E-state index contributed by atoms with van der Waals surface area (Å²) >= 11 is 6.05. The van der Waals surface area contributed by atoms with Crippen molar-refractivity contribution in [2.45, 2.75) is 25.3 Å². The number of halogens is 1. The molecule has 0 spiro atoms. The van der Waals surface area contributed by atoms with Gasteiger partial charge in [-0.2, -0.15) is 0 Å². The topological polar surface area (TPSA) is 77.0 Å². The van der Waals surface area contributed by atoms with E-state index in [1.54, 1.807) is 6.20 Å². The molecule has 2 aromatic rings. The van der Waals surface area contributed by atoms with E-state index < -0.39 is 0 Å². The number of aryl methyl sites for hydroxylation is 1. The molecule has 0 bridgehead atoms. The Labute approximate surface area is 129 Å². The predicted molar refractivity (Wildman–Crippen MR) is 85.7 cm³/mol. The van der Waals surface area contributed by atoms with Crippen LogP contribution in [0.25, 0.3) is 0 Å². The quantitative estimate of drug-likeness (QED) is 0.602. The van der Waals surface area contributed by atoms with E-state index in [9.17, 15) is 0 Å². The molecule has 0 aliphatic heterocycles. The standard InChI is InChI=1S/C16H19ClN4/c17-13-8-14(16(18)20-9-13)15(21-19)12-6-5-10-3-1-2-4-11(10)7-12/h1-4,8-9,12,15,21H,5-7,19H2,(H2,18,20). The fourth-order valence-corrected chi connectivity index (χ4v) is 3.37. The Bertz CT molecular complexity index is 644. The van der Waals surface area contributed by atoms with E-state index >= 15 is 0 Å². The summed E-state index contributed by atoms with van der Waals surface area (Å²) in [5.74, 6) is 6.67. The van der Waals surface area contributed by atoms with E-state index in [1.807, 2.05) is 6.07 Å². The van der Waals surface area contributed by atoms with Crippen LogP contribution in [0.4, 0.5) is 5.82 Å². The van der Waals surface area contributed by atoms with E-state index in [2.05, 4.69) is 34.7 Å². The Balaban J connectivity index is 1.90. The van der Waals surface area contributed by atoms with Crippen LogP contribution in [0.1, 0.15) is 29.2 Å². The van der Waals surface area contributed by atoms with E-state index in [1.165, 1.54) is 11.1 Å². The molecule has 21 heavy (non-hydrogen) atoms. The summed E-state index contributed by atoms with van der Waals surface area (Å²) in [6, 6.07) is 10.4. The number of pyridine rings is 1. The van der Waals surface area contributed by atoms with E-state index in [0.717, 1.165) is 24.8 Å². The molecule has 5 heteroatoms. The maximum atomic E-state index is 6.05. The summed E-state index contributed by atoms with van der Waals surface area (Å²) in [5.41, 5.74) is 12.6. The molecule has 0 amide bonds. The van der Waals surface area contributed by atoms with Crippen molar-refractivity contribution in [3.63, 3.8) is 0 Å². The molecular weight excluding hydrogens is 284 g/mol. The zero-order valence-corrected chi connectivity index (χ0v) is 12.5. The van der Waals surface area contributed by atoms with Gasteiger partial charge in [-0.05, 0) is 42.4 Å². The number of benzene rings is 1. The van der Waals surface area contributed by atoms with Crippen molar-refractivity contribution in [2.24, 2.45) is 11.8 Å². The largest absolute Gasteiger partial charge is 0.383 e. The maximum Gasteiger partial charge on any atom is 0.128 e. The lowest BCUT2D eigenvalue weighted by Gasteiger charge is -2.31. The normalized spacial score (nSPS) is 19.0. The van der Waals surface area contributed by atoms with Gasteiger partial charge in [0, 0.05) is 11.8 Å². The van der Waals surface area contributed by atoms with Crippen LogP contribution in [0.2, 0.25) is 5.02 Å². The lowest BCUT2D eigenvalue weighted by molar-refractivity contribution is 0.330. The third-order valence-electron chi connectivity index (χ3n) is 4.29. The molecule has 1 aliphatic carbocycles. The van der Waals surface area contributed by atoms with Crippen LogP contribution in [-0.2, 0) is 12.8 Å². The molecule has 1 aromatic carbocycles. The number of nitrogens with one attached hydrogen (secondary N) is 1. The fourth-order valence-electron chi connectivity index (χ4n) is 3.20. The zero-order valence-electron chi connectivity index (χ0n) is 11.7. The smallest absolute Gasteiger partial charge is 0.128 e. The van der Waals surface area contributed by atoms with Crippen molar-refractivity contribution >= 4 is 17.4 Å². The van der Waals surface area contributed by atoms with Crippen molar-refractivity contribution in [3.8, 4) is 0 Å². The van der Waals surface area contributed by atoms with Crippen LogP contribution in [0, 0.1) is 5.92 Å². The van der Waals surface area contributed by atoms with Gasteiger partial charge in [-0.15, -0.1) is 0 Å². The second kappa shape index (κ2) is 6.02. The first-order valence-corrected chi connectivity index (χ1v) is 7.50. The number of hydrazine groups is 1. The lowest BCUT2D eigenvalue weighted by atomic mass is 9.78. The Kier molecular flexibility index (Phi) is 4.10. The summed E-state index contributed by atoms with van der Waals surface area (Å²) < 4.78 is 0. The van der Waals surface area contributed by atoms with Gasteiger partial charge in [0.05, 0.1) is 11.1 Å². The number of hydrogen-bond donors (Lipinski definition) is 3. The van der Waals surface area contributed by atoms with Crippen LogP contribution in [-0.4, -0.2) is 4.98 Å². The van der Waals surface area contributed by atoms with Gasteiger partial charge in [0.2, 0.25) is 0 Å². The molecule has 5 N–H and O–H groups in total. The Morgan fingerprint density at radius 3 is 2.81 bits per heavy atom. The van der Waals surface area contributed by atoms with Crippen molar-refractivity contribution in [2.75, 3.05) is 5.73 Å². The molecule has 1 heterocycles. The highest BCUT2D eigenvalue weighted by atomic mass is 35.5. The molecule has 3 rings (SSSR count). The van der Waals surface area contributed by atoms with Gasteiger partial charge in [-0.3, -0.25) is 11.3 Å². The number of fused-ring (bicyclic) bond motifs is 1. The first-order chi connectivity index (χ1) is 10.2. The van der Waals surface area contributed by atoms with Gasteiger partial charge >= 0.3 is 0 Å². The van der Waals surface area contributed by atoms with Crippen molar-refractivity contribution in [1.82, 2.24) is 10.4 Å². The first-order valence-electron chi connectivity index (χ1n) is 7.13. The summed E-state index contributed by atoms with van der Waals surface area (Å²) in [7, 11) is 0. The molecule has 2 atom stereocenters. The SMILES string of the molecule is NNC(c1cc(Cl)cnc1N)C1CCc2ccccc2C1. The molecular formula is C16H19ClN4. The second-order valence-electron chi connectivity index (χ2n) is 5.54. The summed E-state index contributed by atoms with van der Waals surface area (Å²) in [6.07, 6.45) is 4.67. The number of anilines is 1. The Morgan fingerprint density at radius 1 is 1.29 bits per heavy atom. The van der Waals surface area contributed by atoms with Gasteiger partial charge < -0.3 is 5.73 Å². The minimum atomic E-state index is -0.0374. The van der Waals surface area contributed by atoms with Crippen LogP contribution in [0.5, 0.6) is 0 Å². The molecule has 0 saturated carbocycles. The van der Waals surface area contributed by atoms with Gasteiger partial charge in [0.25, 0.3) is 0 Å². The van der Waals surface area contributed by atoms with Crippen LogP contribution >= 0.6 is 11.6 Å². The Hall–Kier alpha value is -1.62. The van der Waals surface area contributed by atoms with Gasteiger partial charge in [-0.25, -0.2) is 4.98 Å². The highest BCUT2D eigenvalue weighted by molar-refractivity contribution is 6.30. The van der Waals surface area contributed by atoms with E-state index in [0.29, 0.717) is 16.8 Å². The van der Waals surface area contributed by atoms with Crippen molar-refractivity contribution < 1.29 is 0 Å². The number of rotatable bonds is 3. The number of aromatic nitrogens is 1. The van der Waals surface area contributed by atoms with Gasteiger partial charge in [-0.1, -0.05) is 35.9 Å². The zero-order chi connectivity index (χ0) is 14.8. The molecule has 2 unspecified atom stereocenters. The molecule has 1 aromatic heterocycles. The summed E-state index contributed by atoms with van der Waals surface area (Å²) in [4.78, 5) is 4.14. The number of hydrogen-bond acceptors (Lipinski definition) is 4. The summed E-state index contributed by atoms with van der Waals surface area (Å²) in [5, 5.41) is 0.579. The van der Waals surface area contributed by atoms with Crippen LogP contribution in [0.3, 0.4) is 0 Å². The minimum absolute atomic E-state index is 0.0374. The van der Waals surface area contributed by atoms with Crippen LogP contribution in [0.15, 0.2) is 36.5 Å². The lowest BCUT2D eigenvalue weighted by Crippen LogP contribution is -2.36. The number of nitrogens with two attached hydrogens (primary N) is 2. The van der Waals surface area contributed by atoms with E-state index in [-0.39, 0.29) is 6.04 Å². The number of nitrogens with zero attached hydrogens (tertiary/aromatic N) is 1. The van der Waals surface area contributed by atoms with Crippen molar-refractivity contribution in [3.05, 3.63) is 58.2 Å². The third kappa shape index (κ3) is 2.88.